The van der Waals surface area contributed by atoms with E-state index < -0.39 is 0 Å². The van der Waals surface area contributed by atoms with Gasteiger partial charge in [-0.1, -0.05) is 18.2 Å². The minimum absolute atomic E-state index is 0.130. The van der Waals surface area contributed by atoms with Gasteiger partial charge < -0.3 is 15.4 Å². The number of amides is 1. The molecule has 2 rings (SSSR count). The molecule has 2 aromatic carbocycles. The van der Waals surface area contributed by atoms with E-state index in [9.17, 15) is 4.79 Å². The van der Waals surface area contributed by atoms with Crippen molar-refractivity contribution in [1.29, 1.82) is 0 Å². The van der Waals surface area contributed by atoms with Gasteiger partial charge in [-0.05, 0) is 52.7 Å². The van der Waals surface area contributed by atoms with Gasteiger partial charge in [0.15, 0.2) is 0 Å². The van der Waals surface area contributed by atoms with Crippen LogP contribution in [-0.4, -0.2) is 19.6 Å². The van der Waals surface area contributed by atoms with Gasteiger partial charge in [-0.3, -0.25) is 4.79 Å². The lowest BCUT2D eigenvalue weighted by Crippen LogP contribution is -2.22. The second kappa shape index (κ2) is 7.13. The number of aryl methyl sites for hydroxylation is 1. The first-order chi connectivity index (χ1) is 10.1. The number of para-hydroxylation sites is 1. The number of benzene rings is 2. The van der Waals surface area contributed by atoms with Gasteiger partial charge in [0.2, 0.25) is 5.91 Å². The first kappa shape index (κ1) is 15.4. The third-order valence-electron chi connectivity index (χ3n) is 2.94. The summed E-state index contributed by atoms with van der Waals surface area (Å²) in [5.74, 6) is 0.518. The van der Waals surface area contributed by atoms with Crippen molar-refractivity contribution in [2.75, 3.05) is 24.3 Å². The van der Waals surface area contributed by atoms with Crippen LogP contribution in [0, 0.1) is 6.92 Å². The molecule has 0 aromatic heterocycles. The second-order valence-electron chi connectivity index (χ2n) is 4.59. The van der Waals surface area contributed by atoms with Crippen LogP contribution in [0.3, 0.4) is 0 Å². The van der Waals surface area contributed by atoms with Crippen molar-refractivity contribution in [1.82, 2.24) is 0 Å². The molecule has 2 aromatic rings. The Labute approximate surface area is 132 Å². The number of methoxy groups -OCH3 is 1. The highest BCUT2D eigenvalue weighted by molar-refractivity contribution is 9.10. The minimum atomic E-state index is -0.130. The van der Waals surface area contributed by atoms with Gasteiger partial charge >= 0.3 is 0 Å². The molecule has 110 valence electrons. The molecule has 0 aliphatic carbocycles. The first-order valence-electron chi connectivity index (χ1n) is 6.53. The Kier molecular flexibility index (Phi) is 5.22. The predicted molar refractivity (Wildman–Crippen MR) is 89.0 cm³/mol. The lowest BCUT2D eigenvalue weighted by atomic mass is 10.2. The lowest BCUT2D eigenvalue weighted by molar-refractivity contribution is -0.114. The molecule has 0 atom stereocenters. The molecule has 2 N–H and O–H groups in total. The fourth-order valence-corrected chi connectivity index (χ4v) is 2.32. The smallest absolute Gasteiger partial charge is 0.243 e. The van der Waals surface area contributed by atoms with Gasteiger partial charge in [-0.2, -0.15) is 0 Å². The Morgan fingerprint density at radius 3 is 2.67 bits per heavy atom. The van der Waals surface area contributed by atoms with Crippen molar-refractivity contribution in [3.8, 4) is 5.75 Å². The Bertz CT molecular complexity index is 644. The standard InChI is InChI=1S/C16H17BrN2O2/c1-11-7-8-15(21-2)14(9-11)19-16(20)10-18-13-6-4-3-5-12(13)17/h3-9,18H,10H2,1-2H3,(H,19,20). The van der Waals surface area contributed by atoms with E-state index in [0.29, 0.717) is 11.4 Å². The summed E-state index contributed by atoms with van der Waals surface area (Å²) < 4.78 is 6.16. The number of carbonyl (C=O) groups is 1. The quantitative estimate of drug-likeness (QED) is 0.863. The zero-order valence-electron chi connectivity index (χ0n) is 11.9. The van der Waals surface area contributed by atoms with E-state index in [1.807, 2.05) is 49.4 Å². The van der Waals surface area contributed by atoms with E-state index in [0.717, 1.165) is 15.7 Å². The van der Waals surface area contributed by atoms with Gasteiger partial charge in [-0.25, -0.2) is 0 Å². The number of nitrogens with one attached hydrogen (secondary N) is 2. The fraction of sp³-hybridized carbons (Fsp3) is 0.188. The largest absolute Gasteiger partial charge is 0.495 e. The molecule has 4 nitrogen and oxygen atoms in total. The number of carbonyl (C=O) groups excluding carboxylic acids is 1. The third kappa shape index (κ3) is 4.23. The predicted octanol–water partition coefficient (Wildman–Crippen LogP) is 3.82. The summed E-state index contributed by atoms with van der Waals surface area (Å²) in [5, 5.41) is 5.94. The molecule has 0 fully saturated rings. The van der Waals surface area contributed by atoms with E-state index in [1.54, 1.807) is 7.11 Å². The van der Waals surface area contributed by atoms with Gasteiger partial charge in [0.25, 0.3) is 0 Å². The van der Waals surface area contributed by atoms with Gasteiger partial charge in [0.1, 0.15) is 5.75 Å². The molecular weight excluding hydrogens is 332 g/mol. The van der Waals surface area contributed by atoms with Crippen LogP contribution in [0.25, 0.3) is 0 Å². The molecule has 21 heavy (non-hydrogen) atoms. The molecule has 0 bridgehead atoms. The number of rotatable bonds is 5. The summed E-state index contributed by atoms with van der Waals surface area (Å²) in [6, 6.07) is 13.3. The Hall–Kier alpha value is -2.01. The van der Waals surface area contributed by atoms with Crippen LogP contribution >= 0.6 is 15.9 Å². The van der Waals surface area contributed by atoms with E-state index in [-0.39, 0.29) is 12.5 Å². The molecule has 5 heteroatoms. The van der Waals surface area contributed by atoms with Gasteiger partial charge in [0.05, 0.1) is 19.3 Å². The summed E-state index contributed by atoms with van der Waals surface area (Å²) >= 11 is 3.43. The van der Waals surface area contributed by atoms with Crippen molar-refractivity contribution in [2.24, 2.45) is 0 Å². The normalized spacial score (nSPS) is 10.0. The molecule has 0 heterocycles. The van der Waals surface area contributed by atoms with Gasteiger partial charge in [-0.15, -0.1) is 0 Å². The fourth-order valence-electron chi connectivity index (χ4n) is 1.89. The third-order valence-corrected chi connectivity index (χ3v) is 3.63. The molecule has 1 amide bonds. The second-order valence-corrected chi connectivity index (χ2v) is 5.44. The average Bonchev–Trinajstić information content (AvgIpc) is 2.47. The monoisotopic (exact) mass is 348 g/mol. The molecule has 0 radical (unpaired) electrons. The highest BCUT2D eigenvalue weighted by atomic mass is 79.9. The highest BCUT2D eigenvalue weighted by Crippen LogP contribution is 2.25. The van der Waals surface area contributed by atoms with Crippen LogP contribution in [-0.2, 0) is 4.79 Å². The Morgan fingerprint density at radius 2 is 1.95 bits per heavy atom. The number of anilines is 2. The Morgan fingerprint density at radius 1 is 1.19 bits per heavy atom. The topological polar surface area (TPSA) is 50.4 Å². The number of hydrogen-bond acceptors (Lipinski definition) is 3. The number of ether oxygens (including phenoxy) is 1. The van der Waals surface area contributed by atoms with Crippen LogP contribution in [0.5, 0.6) is 5.75 Å². The number of hydrogen-bond donors (Lipinski definition) is 2. The van der Waals surface area contributed by atoms with E-state index in [4.69, 9.17) is 4.74 Å². The summed E-state index contributed by atoms with van der Waals surface area (Å²) in [6.45, 7) is 2.15. The SMILES string of the molecule is COc1ccc(C)cc1NC(=O)CNc1ccccc1Br. The van der Waals surface area contributed by atoms with E-state index in [1.165, 1.54) is 0 Å². The van der Waals surface area contributed by atoms with Crippen LogP contribution in [0.1, 0.15) is 5.56 Å². The van der Waals surface area contributed by atoms with Crippen molar-refractivity contribution in [2.45, 2.75) is 6.92 Å². The zero-order chi connectivity index (χ0) is 15.2. The van der Waals surface area contributed by atoms with Crippen LogP contribution in [0.4, 0.5) is 11.4 Å². The molecule has 0 aliphatic heterocycles. The van der Waals surface area contributed by atoms with Crippen molar-refractivity contribution < 1.29 is 9.53 Å². The first-order valence-corrected chi connectivity index (χ1v) is 7.32. The zero-order valence-corrected chi connectivity index (χ0v) is 13.5. The maximum atomic E-state index is 12.0. The summed E-state index contributed by atoms with van der Waals surface area (Å²) in [4.78, 5) is 12.0. The maximum absolute atomic E-state index is 12.0. The van der Waals surface area contributed by atoms with Gasteiger partial charge in [0, 0.05) is 10.2 Å². The molecule has 0 aliphatic rings. The maximum Gasteiger partial charge on any atom is 0.243 e. The summed E-state index contributed by atoms with van der Waals surface area (Å²) in [6.07, 6.45) is 0. The lowest BCUT2D eigenvalue weighted by Gasteiger charge is -2.12. The van der Waals surface area contributed by atoms with Crippen LogP contribution in [0.15, 0.2) is 46.9 Å². The summed E-state index contributed by atoms with van der Waals surface area (Å²) in [7, 11) is 1.58. The molecule has 0 saturated heterocycles. The van der Waals surface area contributed by atoms with Crippen molar-refractivity contribution in [3.05, 3.63) is 52.5 Å². The van der Waals surface area contributed by atoms with E-state index in [2.05, 4.69) is 26.6 Å². The van der Waals surface area contributed by atoms with E-state index >= 15 is 0 Å². The average molecular weight is 349 g/mol. The van der Waals surface area contributed by atoms with Crippen molar-refractivity contribution >= 4 is 33.2 Å². The molecule has 0 unspecified atom stereocenters. The Balaban J connectivity index is 1.99. The summed E-state index contributed by atoms with van der Waals surface area (Å²) in [5.41, 5.74) is 2.62. The highest BCUT2D eigenvalue weighted by Gasteiger charge is 2.08. The van der Waals surface area contributed by atoms with Crippen LogP contribution < -0.4 is 15.4 Å². The van der Waals surface area contributed by atoms with Crippen molar-refractivity contribution in [3.63, 3.8) is 0 Å². The number of halogens is 1. The minimum Gasteiger partial charge on any atom is -0.495 e. The molecular formula is C16H17BrN2O2. The van der Waals surface area contributed by atoms with Crippen LogP contribution in [0.2, 0.25) is 0 Å². The molecule has 0 spiro atoms. The molecule has 0 saturated carbocycles.